The minimum Gasteiger partial charge on any atom is -0.495 e. The molecule has 2 aromatic rings. The molecule has 5 nitrogen and oxygen atoms in total. The summed E-state index contributed by atoms with van der Waals surface area (Å²) in [7, 11) is 1.57. The van der Waals surface area contributed by atoms with Crippen molar-refractivity contribution in [3.05, 3.63) is 76.6 Å². The van der Waals surface area contributed by atoms with Gasteiger partial charge in [-0.15, -0.1) is 11.8 Å². The SMILES string of the molecule is COc1ccccc1NC(=O)C1=C(C)NC2=C(C(=O)CCC2)C1c1ccc(SC)cc1. The van der Waals surface area contributed by atoms with Crippen molar-refractivity contribution >= 4 is 29.1 Å². The topological polar surface area (TPSA) is 67.4 Å². The van der Waals surface area contributed by atoms with Crippen LogP contribution in [0.25, 0.3) is 0 Å². The van der Waals surface area contributed by atoms with Gasteiger partial charge in [-0.3, -0.25) is 9.59 Å². The van der Waals surface area contributed by atoms with Gasteiger partial charge in [0.2, 0.25) is 0 Å². The molecule has 0 radical (unpaired) electrons. The molecule has 0 fully saturated rings. The average Bonchev–Trinajstić information content (AvgIpc) is 2.78. The number of rotatable bonds is 5. The fourth-order valence-corrected chi connectivity index (χ4v) is 4.76. The fourth-order valence-electron chi connectivity index (χ4n) is 4.35. The lowest BCUT2D eigenvalue weighted by Gasteiger charge is -2.34. The van der Waals surface area contributed by atoms with Crippen LogP contribution in [0.5, 0.6) is 5.75 Å². The summed E-state index contributed by atoms with van der Waals surface area (Å²) in [5.41, 5.74) is 4.56. The predicted molar refractivity (Wildman–Crippen MR) is 124 cm³/mol. The zero-order valence-corrected chi connectivity index (χ0v) is 18.8. The van der Waals surface area contributed by atoms with Crippen LogP contribution >= 0.6 is 11.8 Å². The molecule has 1 atom stereocenters. The van der Waals surface area contributed by atoms with E-state index in [4.69, 9.17) is 4.74 Å². The van der Waals surface area contributed by atoms with Crippen LogP contribution in [-0.2, 0) is 9.59 Å². The second-order valence-electron chi connectivity index (χ2n) is 7.69. The summed E-state index contributed by atoms with van der Waals surface area (Å²) in [4.78, 5) is 27.7. The van der Waals surface area contributed by atoms with E-state index >= 15 is 0 Å². The van der Waals surface area contributed by atoms with E-state index in [1.807, 2.05) is 55.6 Å². The highest BCUT2D eigenvalue weighted by Gasteiger charge is 2.38. The van der Waals surface area contributed by atoms with Crippen molar-refractivity contribution in [2.45, 2.75) is 37.0 Å². The molecule has 0 saturated heterocycles. The molecule has 0 bridgehead atoms. The Morgan fingerprint density at radius 1 is 1.13 bits per heavy atom. The number of carbonyl (C=O) groups excluding carboxylic acids is 2. The number of ketones is 1. The number of Topliss-reactive ketones (excluding diaryl/α,β-unsaturated/α-hetero) is 1. The summed E-state index contributed by atoms with van der Waals surface area (Å²) < 4.78 is 5.39. The van der Waals surface area contributed by atoms with Crippen molar-refractivity contribution in [3.63, 3.8) is 0 Å². The van der Waals surface area contributed by atoms with Crippen LogP contribution in [0.3, 0.4) is 0 Å². The highest BCUT2D eigenvalue weighted by molar-refractivity contribution is 7.98. The van der Waals surface area contributed by atoms with E-state index in [0.717, 1.165) is 40.3 Å². The molecule has 2 N–H and O–H groups in total. The Labute approximate surface area is 187 Å². The fraction of sp³-hybridized carbons (Fsp3) is 0.280. The number of allylic oxidation sites excluding steroid dienone is 3. The normalized spacial score (nSPS) is 18.4. The monoisotopic (exact) mass is 434 g/mol. The van der Waals surface area contributed by atoms with Gasteiger partial charge in [0.25, 0.3) is 5.91 Å². The predicted octanol–water partition coefficient (Wildman–Crippen LogP) is 5.02. The summed E-state index contributed by atoms with van der Waals surface area (Å²) in [6.45, 7) is 1.91. The molecule has 1 unspecified atom stereocenters. The summed E-state index contributed by atoms with van der Waals surface area (Å²) in [6.07, 6.45) is 4.19. The Bertz CT molecular complexity index is 1090. The summed E-state index contributed by atoms with van der Waals surface area (Å²) >= 11 is 1.66. The maximum atomic E-state index is 13.5. The number of para-hydroxylation sites is 2. The number of hydrogen-bond acceptors (Lipinski definition) is 5. The summed E-state index contributed by atoms with van der Waals surface area (Å²) in [5.74, 6) is 0.0724. The average molecular weight is 435 g/mol. The smallest absolute Gasteiger partial charge is 0.254 e. The van der Waals surface area contributed by atoms with Crippen LogP contribution in [0.1, 0.15) is 37.7 Å². The lowest BCUT2D eigenvalue weighted by Crippen LogP contribution is -2.35. The van der Waals surface area contributed by atoms with Crippen molar-refractivity contribution in [2.75, 3.05) is 18.7 Å². The van der Waals surface area contributed by atoms with Crippen molar-refractivity contribution < 1.29 is 14.3 Å². The van der Waals surface area contributed by atoms with Gasteiger partial charge in [-0.2, -0.15) is 0 Å². The third kappa shape index (κ3) is 4.12. The van der Waals surface area contributed by atoms with Gasteiger partial charge in [-0.1, -0.05) is 24.3 Å². The Morgan fingerprint density at radius 2 is 1.87 bits per heavy atom. The lowest BCUT2D eigenvalue weighted by atomic mass is 9.75. The van der Waals surface area contributed by atoms with E-state index in [0.29, 0.717) is 23.4 Å². The van der Waals surface area contributed by atoms with Gasteiger partial charge in [-0.05, 0) is 55.9 Å². The number of benzene rings is 2. The molecule has 1 heterocycles. The molecule has 0 aromatic heterocycles. The van der Waals surface area contributed by atoms with Gasteiger partial charge in [-0.25, -0.2) is 0 Å². The maximum absolute atomic E-state index is 13.5. The minimum absolute atomic E-state index is 0.114. The third-order valence-corrected chi connectivity index (χ3v) is 6.57. The van der Waals surface area contributed by atoms with Crippen LogP contribution in [0, 0.1) is 0 Å². The van der Waals surface area contributed by atoms with E-state index in [2.05, 4.69) is 10.6 Å². The number of methoxy groups -OCH3 is 1. The van der Waals surface area contributed by atoms with Crippen LogP contribution in [0.4, 0.5) is 5.69 Å². The largest absolute Gasteiger partial charge is 0.495 e. The number of ether oxygens (including phenoxy) is 1. The number of nitrogens with one attached hydrogen (secondary N) is 2. The number of carbonyl (C=O) groups is 2. The van der Waals surface area contributed by atoms with Crippen LogP contribution in [-0.4, -0.2) is 25.1 Å². The van der Waals surface area contributed by atoms with Crippen LogP contribution < -0.4 is 15.4 Å². The number of anilines is 1. The Kier molecular flexibility index (Phi) is 6.18. The molecule has 0 spiro atoms. The second-order valence-corrected chi connectivity index (χ2v) is 8.57. The van der Waals surface area contributed by atoms with Crippen LogP contribution in [0.15, 0.2) is 76.0 Å². The first-order chi connectivity index (χ1) is 15.0. The van der Waals surface area contributed by atoms with Crippen molar-refractivity contribution in [2.24, 2.45) is 0 Å². The first-order valence-electron chi connectivity index (χ1n) is 10.4. The number of hydrogen-bond donors (Lipinski definition) is 2. The standard InChI is InChI=1S/C25H26N2O3S/c1-15-22(25(29)27-18-7-4-5-10-21(18)30-2)23(16-11-13-17(31-3)14-12-16)24-19(26-15)8-6-9-20(24)28/h4-5,7,10-14,23,26H,6,8-9H2,1-3H3,(H,27,29). The maximum Gasteiger partial charge on any atom is 0.254 e. The quantitative estimate of drug-likeness (QED) is 0.647. The van der Waals surface area contributed by atoms with Gasteiger partial charge >= 0.3 is 0 Å². The van der Waals surface area contributed by atoms with Crippen molar-refractivity contribution in [1.82, 2.24) is 5.32 Å². The van der Waals surface area contributed by atoms with Crippen LogP contribution in [0.2, 0.25) is 0 Å². The molecule has 31 heavy (non-hydrogen) atoms. The lowest BCUT2D eigenvalue weighted by molar-refractivity contribution is -0.116. The zero-order valence-electron chi connectivity index (χ0n) is 18.0. The molecule has 6 heteroatoms. The van der Waals surface area contributed by atoms with E-state index < -0.39 is 5.92 Å². The molecular formula is C25H26N2O3S. The molecule has 160 valence electrons. The Morgan fingerprint density at radius 3 is 2.58 bits per heavy atom. The molecule has 2 aliphatic rings. The van der Waals surface area contributed by atoms with Gasteiger partial charge < -0.3 is 15.4 Å². The van der Waals surface area contributed by atoms with Gasteiger partial charge in [0.05, 0.1) is 12.8 Å². The molecule has 1 aliphatic heterocycles. The first kappa shape index (κ1) is 21.2. The van der Waals surface area contributed by atoms with Gasteiger partial charge in [0.15, 0.2) is 5.78 Å². The highest BCUT2D eigenvalue weighted by atomic mass is 32.2. The second kappa shape index (κ2) is 9.02. The van der Waals surface area contributed by atoms with Crippen molar-refractivity contribution in [1.29, 1.82) is 0 Å². The summed E-state index contributed by atoms with van der Waals surface area (Å²) in [6, 6.07) is 15.5. The number of amides is 1. The Balaban J connectivity index is 1.78. The molecular weight excluding hydrogens is 408 g/mol. The van der Waals surface area contributed by atoms with Gasteiger partial charge in [0, 0.05) is 39.8 Å². The molecule has 1 aliphatic carbocycles. The van der Waals surface area contributed by atoms with E-state index in [1.165, 1.54) is 0 Å². The van der Waals surface area contributed by atoms with Gasteiger partial charge in [0.1, 0.15) is 5.75 Å². The van der Waals surface area contributed by atoms with E-state index in [1.54, 1.807) is 24.9 Å². The molecule has 0 saturated carbocycles. The summed E-state index contributed by atoms with van der Waals surface area (Å²) in [5, 5.41) is 6.35. The number of thioether (sulfide) groups is 1. The minimum atomic E-state index is -0.394. The highest BCUT2D eigenvalue weighted by Crippen LogP contribution is 2.43. The number of dihydropyridines is 1. The third-order valence-electron chi connectivity index (χ3n) is 5.82. The Hall–Kier alpha value is -2.99. The molecule has 4 rings (SSSR count). The molecule has 1 amide bonds. The van der Waals surface area contributed by atoms with Crippen molar-refractivity contribution in [3.8, 4) is 5.75 Å². The zero-order chi connectivity index (χ0) is 22.0. The first-order valence-corrected chi connectivity index (χ1v) is 11.6. The van der Waals surface area contributed by atoms with E-state index in [-0.39, 0.29) is 11.7 Å². The molecule has 2 aromatic carbocycles. The van der Waals surface area contributed by atoms with E-state index in [9.17, 15) is 9.59 Å².